The number of carboxylic acid groups (broad SMARTS) is 1. The average molecular weight is 375 g/mol. The fraction of sp³-hybridized carbons (Fsp3) is 0.316. The van der Waals surface area contributed by atoms with Gasteiger partial charge in [0.1, 0.15) is 11.1 Å². The van der Waals surface area contributed by atoms with Gasteiger partial charge in [-0.1, -0.05) is 41.9 Å². The number of carboxylic acids is 1. The minimum Gasteiger partial charge on any atom is -0.480 e. The number of carbonyl (C=O) groups excluding carboxylic acids is 1. The van der Waals surface area contributed by atoms with Crippen LogP contribution >= 0.6 is 11.6 Å². The Morgan fingerprint density at radius 2 is 2.04 bits per heavy atom. The summed E-state index contributed by atoms with van der Waals surface area (Å²) in [6, 6.07) is 9.50. The van der Waals surface area contributed by atoms with E-state index < -0.39 is 17.9 Å². The van der Waals surface area contributed by atoms with Crippen LogP contribution in [-0.2, 0) is 11.2 Å². The van der Waals surface area contributed by atoms with Gasteiger partial charge < -0.3 is 15.2 Å². The van der Waals surface area contributed by atoms with E-state index >= 15 is 0 Å². The lowest BCUT2D eigenvalue weighted by Crippen LogP contribution is -2.42. The lowest BCUT2D eigenvalue weighted by molar-refractivity contribution is -0.139. The van der Waals surface area contributed by atoms with Crippen LogP contribution < -0.4 is 10.1 Å². The number of benzene rings is 1. The fourth-order valence-corrected chi connectivity index (χ4v) is 2.65. The van der Waals surface area contributed by atoms with Crippen molar-refractivity contribution in [3.8, 4) is 5.88 Å². The number of carbonyl (C=O) groups is 2. The number of rotatable bonds is 8. The molecule has 26 heavy (non-hydrogen) atoms. The first-order valence-electron chi connectivity index (χ1n) is 8.39. The summed E-state index contributed by atoms with van der Waals surface area (Å²) in [6.07, 6.45) is 3.82. The smallest absolute Gasteiger partial charge is 0.326 e. The molecule has 0 saturated heterocycles. The van der Waals surface area contributed by atoms with Crippen molar-refractivity contribution in [3.63, 3.8) is 0 Å². The first-order chi connectivity index (χ1) is 12.5. The quantitative estimate of drug-likeness (QED) is 0.741. The molecule has 1 unspecified atom stereocenters. The monoisotopic (exact) mass is 374 g/mol. The van der Waals surface area contributed by atoms with Crippen molar-refractivity contribution in [1.29, 1.82) is 0 Å². The van der Waals surface area contributed by atoms with Crippen molar-refractivity contribution >= 4 is 23.5 Å². The molecule has 2 N–H and O–H groups in total. The van der Waals surface area contributed by atoms with Crippen LogP contribution in [0.4, 0.5) is 0 Å². The molecule has 1 aromatic carbocycles. The Labute approximate surface area is 156 Å². The van der Waals surface area contributed by atoms with E-state index in [0.29, 0.717) is 12.5 Å². The maximum atomic E-state index is 12.4. The molecule has 1 heterocycles. The summed E-state index contributed by atoms with van der Waals surface area (Å²) < 4.78 is 5.52. The molecule has 0 aliphatic heterocycles. The second-order valence-electron chi connectivity index (χ2n) is 6.32. The number of pyridine rings is 1. The third-order valence-corrected chi connectivity index (χ3v) is 4.38. The molecule has 0 radical (unpaired) electrons. The summed E-state index contributed by atoms with van der Waals surface area (Å²) >= 11 is 6.12. The van der Waals surface area contributed by atoms with Crippen molar-refractivity contribution in [2.45, 2.75) is 25.3 Å². The van der Waals surface area contributed by atoms with Crippen molar-refractivity contribution in [2.75, 3.05) is 6.61 Å². The third kappa shape index (κ3) is 4.95. The highest BCUT2D eigenvalue weighted by Crippen LogP contribution is 2.31. The van der Waals surface area contributed by atoms with Crippen LogP contribution in [0.15, 0.2) is 42.6 Å². The molecule has 1 atom stereocenters. The summed E-state index contributed by atoms with van der Waals surface area (Å²) in [5.41, 5.74) is 1.01. The number of nitrogens with one attached hydrogen (secondary N) is 1. The summed E-state index contributed by atoms with van der Waals surface area (Å²) in [5, 5.41) is 12.1. The number of aromatic nitrogens is 1. The normalized spacial score (nSPS) is 14.5. The molecule has 1 fully saturated rings. The van der Waals surface area contributed by atoms with Gasteiger partial charge in [-0.25, -0.2) is 9.78 Å². The van der Waals surface area contributed by atoms with Crippen LogP contribution in [0.3, 0.4) is 0 Å². The first-order valence-corrected chi connectivity index (χ1v) is 8.76. The molecule has 2 aromatic rings. The number of aliphatic carboxylic acids is 1. The molecule has 1 aliphatic rings. The number of hydrogen-bond acceptors (Lipinski definition) is 4. The summed E-state index contributed by atoms with van der Waals surface area (Å²) in [4.78, 5) is 27.9. The van der Waals surface area contributed by atoms with Crippen LogP contribution in [0.25, 0.3) is 0 Å². The zero-order valence-electron chi connectivity index (χ0n) is 14.0. The topological polar surface area (TPSA) is 88.5 Å². The Kier molecular flexibility index (Phi) is 5.73. The van der Waals surface area contributed by atoms with Gasteiger partial charge in [0.15, 0.2) is 0 Å². The summed E-state index contributed by atoms with van der Waals surface area (Å²) in [7, 11) is 0. The second kappa shape index (κ2) is 8.19. The van der Waals surface area contributed by atoms with Crippen LogP contribution in [0, 0.1) is 5.92 Å². The van der Waals surface area contributed by atoms with E-state index in [4.69, 9.17) is 16.3 Å². The molecule has 0 spiro atoms. The highest BCUT2D eigenvalue weighted by Gasteiger charge is 2.24. The SMILES string of the molecule is O=C(NC(Cc1ccccc1)C(=O)O)c1cnc(OCC2CC2)c(Cl)c1. The molecule has 136 valence electrons. The highest BCUT2D eigenvalue weighted by molar-refractivity contribution is 6.32. The van der Waals surface area contributed by atoms with Gasteiger partial charge in [0, 0.05) is 12.6 Å². The largest absolute Gasteiger partial charge is 0.480 e. The van der Waals surface area contributed by atoms with Crippen molar-refractivity contribution < 1.29 is 19.4 Å². The maximum absolute atomic E-state index is 12.4. The lowest BCUT2D eigenvalue weighted by atomic mass is 10.1. The van der Waals surface area contributed by atoms with Crippen LogP contribution in [0.1, 0.15) is 28.8 Å². The summed E-state index contributed by atoms with van der Waals surface area (Å²) in [6.45, 7) is 0.566. The molecule has 1 aromatic heterocycles. The Hall–Kier alpha value is -2.60. The minimum atomic E-state index is -1.11. The third-order valence-electron chi connectivity index (χ3n) is 4.11. The lowest BCUT2D eigenvalue weighted by Gasteiger charge is -2.15. The fourth-order valence-electron chi connectivity index (χ4n) is 2.43. The van der Waals surface area contributed by atoms with Gasteiger partial charge >= 0.3 is 5.97 Å². The molecule has 0 bridgehead atoms. The zero-order valence-corrected chi connectivity index (χ0v) is 14.8. The molecular formula is C19H19ClN2O4. The average Bonchev–Trinajstić information content (AvgIpc) is 3.45. The minimum absolute atomic E-state index is 0.186. The van der Waals surface area contributed by atoms with E-state index in [2.05, 4.69) is 10.3 Å². The Bertz CT molecular complexity index is 793. The van der Waals surface area contributed by atoms with Gasteiger partial charge in [-0.2, -0.15) is 0 Å². The molecule has 7 heteroatoms. The molecule has 1 saturated carbocycles. The van der Waals surface area contributed by atoms with Crippen LogP contribution in [0.5, 0.6) is 5.88 Å². The number of ether oxygens (including phenoxy) is 1. The second-order valence-corrected chi connectivity index (χ2v) is 6.73. The van der Waals surface area contributed by atoms with E-state index in [1.807, 2.05) is 30.3 Å². The highest BCUT2D eigenvalue weighted by atomic mass is 35.5. The first kappa shape index (κ1) is 18.2. The molecule has 3 rings (SSSR count). The van der Waals surface area contributed by atoms with Crippen molar-refractivity contribution in [1.82, 2.24) is 10.3 Å². The summed E-state index contributed by atoms with van der Waals surface area (Å²) in [5.74, 6) is -0.804. The predicted octanol–water partition coefficient (Wildman–Crippen LogP) is 2.95. The Morgan fingerprint density at radius 3 is 2.65 bits per heavy atom. The van der Waals surface area contributed by atoms with Gasteiger partial charge in [-0.15, -0.1) is 0 Å². The maximum Gasteiger partial charge on any atom is 0.326 e. The number of hydrogen-bond donors (Lipinski definition) is 2. The van der Waals surface area contributed by atoms with Gasteiger partial charge in [-0.3, -0.25) is 4.79 Å². The standard InChI is InChI=1S/C19H19ClN2O4/c20-15-9-14(10-21-18(15)26-11-13-6-7-13)17(23)22-16(19(24)25)8-12-4-2-1-3-5-12/h1-5,9-10,13,16H,6-8,11H2,(H,22,23)(H,24,25). The van der Waals surface area contributed by atoms with Gasteiger partial charge in [0.25, 0.3) is 5.91 Å². The molecular weight excluding hydrogens is 356 g/mol. The Morgan fingerprint density at radius 1 is 1.31 bits per heavy atom. The van der Waals surface area contributed by atoms with E-state index in [9.17, 15) is 14.7 Å². The predicted molar refractivity (Wildman–Crippen MR) is 96.5 cm³/mol. The van der Waals surface area contributed by atoms with Gasteiger partial charge in [0.05, 0.1) is 12.2 Å². The number of amides is 1. The van der Waals surface area contributed by atoms with Crippen molar-refractivity contribution in [3.05, 3.63) is 58.7 Å². The Balaban J connectivity index is 1.64. The van der Waals surface area contributed by atoms with Crippen LogP contribution in [-0.4, -0.2) is 34.6 Å². The number of halogens is 1. The van der Waals surface area contributed by atoms with Gasteiger partial charge in [0.2, 0.25) is 5.88 Å². The van der Waals surface area contributed by atoms with Crippen LogP contribution in [0.2, 0.25) is 5.02 Å². The molecule has 1 aliphatic carbocycles. The van der Waals surface area contributed by atoms with Crippen molar-refractivity contribution in [2.24, 2.45) is 5.92 Å². The van der Waals surface area contributed by atoms with E-state index in [1.165, 1.54) is 12.3 Å². The number of nitrogens with zero attached hydrogens (tertiary/aromatic N) is 1. The van der Waals surface area contributed by atoms with Gasteiger partial charge in [-0.05, 0) is 30.4 Å². The molecule has 6 nitrogen and oxygen atoms in total. The van der Waals surface area contributed by atoms with E-state index in [-0.39, 0.29) is 22.9 Å². The van der Waals surface area contributed by atoms with E-state index in [1.54, 1.807) is 0 Å². The zero-order chi connectivity index (χ0) is 18.5. The van der Waals surface area contributed by atoms with E-state index in [0.717, 1.165) is 18.4 Å². The molecule has 1 amide bonds.